The molecule has 0 radical (unpaired) electrons. The van der Waals surface area contributed by atoms with Crippen LogP contribution in [-0.4, -0.2) is 17.7 Å². The molecule has 0 saturated heterocycles. The summed E-state index contributed by atoms with van der Waals surface area (Å²) in [7, 11) is 1.58. The van der Waals surface area contributed by atoms with Gasteiger partial charge in [0.2, 0.25) is 0 Å². The summed E-state index contributed by atoms with van der Waals surface area (Å²) in [6.07, 6.45) is 0.774. The first-order valence-electron chi connectivity index (χ1n) is 4.93. The summed E-state index contributed by atoms with van der Waals surface area (Å²) in [6, 6.07) is 5.63. The Bertz CT molecular complexity index is 361. The standard InChI is InChI=1S/C12H15BrO2/c1-4-10(13)12(14)9-7-8(2)5-6-11(9)15-3/h5-7,10H,4H2,1-3H3. The van der Waals surface area contributed by atoms with Crippen molar-refractivity contribution in [3.63, 3.8) is 0 Å². The molecule has 0 aliphatic carbocycles. The second-order valence-electron chi connectivity index (χ2n) is 3.44. The van der Waals surface area contributed by atoms with Gasteiger partial charge >= 0.3 is 0 Å². The summed E-state index contributed by atoms with van der Waals surface area (Å²) in [6.45, 7) is 3.94. The van der Waals surface area contributed by atoms with Gasteiger partial charge in [0.05, 0.1) is 17.5 Å². The molecular weight excluding hydrogens is 256 g/mol. The van der Waals surface area contributed by atoms with Crippen molar-refractivity contribution < 1.29 is 9.53 Å². The van der Waals surface area contributed by atoms with Gasteiger partial charge in [0.25, 0.3) is 0 Å². The summed E-state index contributed by atoms with van der Waals surface area (Å²) >= 11 is 3.36. The zero-order valence-corrected chi connectivity index (χ0v) is 10.8. The number of halogens is 1. The monoisotopic (exact) mass is 270 g/mol. The number of rotatable bonds is 4. The maximum Gasteiger partial charge on any atom is 0.180 e. The number of hydrogen-bond donors (Lipinski definition) is 0. The van der Waals surface area contributed by atoms with Crippen LogP contribution in [-0.2, 0) is 0 Å². The van der Waals surface area contributed by atoms with Gasteiger partial charge in [-0.2, -0.15) is 0 Å². The van der Waals surface area contributed by atoms with Crippen LogP contribution in [0.3, 0.4) is 0 Å². The van der Waals surface area contributed by atoms with Crippen LogP contribution < -0.4 is 4.74 Å². The van der Waals surface area contributed by atoms with E-state index in [4.69, 9.17) is 4.74 Å². The summed E-state index contributed by atoms with van der Waals surface area (Å²) < 4.78 is 5.17. The van der Waals surface area contributed by atoms with E-state index in [1.807, 2.05) is 32.0 Å². The Morgan fingerprint density at radius 2 is 2.20 bits per heavy atom. The van der Waals surface area contributed by atoms with Crippen molar-refractivity contribution in [2.24, 2.45) is 0 Å². The molecule has 0 fully saturated rings. The molecule has 0 saturated carbocycles. The highest BCUT2D eigenvalue weighted by molar-refractivity contribution is 9.10. The van der Waals surface area contributed by atoms with Gasteiger partial charge in [-0.1, -0.05) is 34.5 Å². The fourth-order valence-corrected chi connectivity index (χ4v) is 1.62. The van der Waals surface area contributed by atoms with E-state index in [1.54, 1.807) is 7.11 Å². The minimum atomic E-state index is -0.131. The number of ketones is 1. The van der Waals surface area contributed by atoms with Gasteiger partial charge in [-0.25, -0.2) is 0 Å². The van der Waals surface area contributed by atoms with Crippen molar-refractivity contribution in [2.75, 3.05) is 7.11 Å². The summed E-state index contributed by atoms with van der Waals surface area (Å²) in [5.74, 6) is 0.724. The van der Waals surface area contributed by atoms with E-state index in [0.29, 0.717) is 11.3 Å². The molecular formula is C12H15BrO2. The molecule has 0 aliphatic heterocycles. The quantitative estimate of drug-likeness (QED) is 0.620. The van der Waals surface area contributed by atoms with E-state index in [9.17, 15) is 4.79 Å². The van der Waals surface area contributed by atoms with Crippen molar-refractivity contribution in [2.45, 2.75) is 25.1 Å². The lowest BCUT2D eigenvalue weighted by molar-refractivity contribution is 0.0987. The molecule has 0 spiro atoms. The number of methoxy groups -OCH3 is 1. The van der Waals surface area contributed by atoms with Crippen LogP contribution in [0.15, 0.2) is 18.2 Å². The number of alkyl halides is 1. The van der Waals surface area contributed by atoms with Gasteiger partial charge < -0.3 is 4.74 Å². The van der Waals surface area contributed by atoms with Crippen molar-refractivity contribution in [3.8, 4) is 5.75 Å². The largest absolute Gasteiger partial charge is 0.496 e. The molecule has 0 aliphatic rings. The number of carbonyl (C=O) groups excluding carboxylic acids is 1. The Morgan fingerprint density at radius 3 is 2.73 bits per heavy atom. The number of Topliss-reactive ketones (excluding diaryl/α,β-unsaturated/α-hetero) is 1. The van der Waals surface area contributed by atoms with Gasteiger partial charge in [0.1, 0.15) is 5.75 Å². The van der Waals surface area contributed by atoms with E-state index < -0.39 is 0 Å². The van der Waals surface area contributed by atoms with Gasteiger partial charge in [-0.15, -0.1) is 0 Å². The second-order valence-corrected chi connectivity index (χ2v) is 4.55. The van der Waals surface area contributed by atoms with Crippen molar-refractivity contribution in [1.29, 1.82) is 0 Å². The predicted octanol–water partition coefficient (Wildman–Crippen LogP) is 3.36. The third-order valence-corrected chi connectivity index (χ3v) is 3.33. The zero-order chi connectivity index (χ0) is 11.4. The average Bonchev–Trinajstić information content (AvgIpc) is 2.27. The minimum absolute atomic E-state index is 0.0815. The molecule has 1 unspecified atom stereocenters. The van der Waals surface area contributed by atoms with E-state index in [0.717, 1.165) is 12.0 Å². The molecule has 1 aromatic carbocycles. The Balaban J connectivity index is 3.11. The third kappa shape index (κ3) is 2.81. The van der Waals surface area contributed by atoms with Gasteiger partial charge in [0, 0.05) is 0 Å². The first kappa shape index (κ1) is 12.2. The highest BCUT2D eigenvalue weighted by atomic mass is 79.9. The van der Waals surface area contributed by atoms with Crippen molar-refractivity contribution >= 4 is 21.7 Å². The Hall–Kier alpha value is -0.830. The molecule has 1 rings (SSSR count). The van der Waals surface area contributed by atoms with Crippen LogP contribution in [0.4, 0.5) is 0 Å². The molecule has 0 N–H and O–H groups in total. The van der Waals surface area contributed by atoms with Gasteiger partial charge in [-0.05, 0) is 25.5 Å². The van der Waals surface area contributed by atoms with E-state index in [-0.39, 0.29) is 10.6 Å². The highest BCUT2D eigenvalue weighted by Gasteiger charge is 2.18. The smallest absolute Gasteiger partial charge is 0.180 e. The molecule has 0 heterocycles. The average molecular weight is 271 g/mol. The maximum absolute atomic E-state index is 12.0. The van der Waals surface area contributed by atoms with E-state index in [2.05, 4.69) is 15.9 Å². The number of aryl methyl sites for hydroxylation is 1. The van der Waals surface area contributed by atoms with Crippen LogP contribution in [0, 0.1) is 6.92 Å². The van der Waals surface area contributed by atoms with Crippen LogP contribution in [0.5, 0.6) is 5.75 Å². The third-order valence-electron chi connectivity index (χ3n) is 2.26. The Morgan fingerprint density at radius 1 is 1.53 bits per heavy atom. The molecule has 0 aromatic heterocycles. The Kier molecular flexibility index (Phi) is 4.33. The maximum atomic E-state index is 12.0. The molecule has 0 bridgehead atoms. The summed E-state index contributed by atoms with van der Waals surface area (Å²) in [5.41, 5.74) is 1.72. The van der Waals surface area contributed by atoms with Crippen molar-refractivity contribution in [3.05, 3.63) is 29.3 Å². The lowest BCUT2D eigenvalue weighted by Gasteiger charge is -2.11. The molecule has 82 valence electrons. The van der Waals surface area contributed by atoms with Crippen LogP contribution in [0.2, 0.25) is 0 Å². The molecule has 1 atom stereocenters. The topological polar surface area (TPSA) is 26.3 Å². The first-order chi connectivity index (χ1) is 7.10. The molecule has 1 aromatic rings. The fourth-order valence-electron chi connectivity index (χ4n) is 1.37. The Labute approximate surface area is 98.8 Å². The van der Waals surface area contributed by atoms with Gasteiger partial charge in [0.15, 0.2) is 5.78 Å². The van der Waals surface area contributed by atoms with Crippen molar-refractivity contribution in [1.82, 2.24) is 0 Å². The molecule has 2 nitrogen and oxygen atoms in total. The number of carbonyl (C=O) groups is 1. The minimum Gasteiger partial charge on any atom is -0.496 e. The lowest BCUT2D eigenvalue weighted by atomic mass is 10.0. The SMILES string of the molecule is CCC(Br)C(=O)c1cc(C)ccc1OC. The van der Waals surface area contributed by atoms with E-state index >= 15 is 0 Å². The second kappa shape index (κ2) is 5.31. The predicted molar refractivity (Wildman–Crippen MR) is 65.1 cm³/mol. The number of benzene rings is 1. The van der Waals surface area contributed by atoms with E-state index in [1.165, 1.54) is 0 Å². The van der Waals surface area contributed by atoms with Gasteiger partial charge in [-0.3, -0.25) is 4.79 Å². The molecule has 0 amide bonds. The molecule has 15 heavy (non-hydrogen) atoms. The summed E-state index contributed by atoms with van der Waals surface area (Å²) in [4.78, 5) is 11.8. The number of ether oxygens (including phenoxy) is 1. The normalized spacial score (nSPS) is 12.3. The summed E-state index contributed by atoms with van der Waals surface area (Å²) in [5, 5.41) is 0. The fraction of sp³-hybridized carbons (Fsp3) is 0.417. The number of hydrogen-bond acceptors (Lipinski definition) is 2. The zero-order valence-electron chi connectivity index (χ0n) is 9.21. The lowest BCUT2D eigenvalue weighted by Crippen LogP contribution is -2.14. The van der Waals surface area contributed by atoms with Crippen LogP contribution >= 0.6 is 15.9 Å². The molecule has 3 heteroatoms. The van der Waals surface area contributed by atoms with Crippen LogP contribution in [0.1, 0.15) is 29.3 Å². The van der Waals surface area contributed by atoms with Crippen LogP contribution in [0.25, 0.3) is 0 Å². The highest BCUT2D eigenvalue weighted by Crippen LogP contribution is 2.24. The first-order valence-corrected chi connectivity index (χ1v) is 5.84.